The van der Waals surface area contributed by atoms with Crippen molar-refractivity contribution in [1.82, 2.24) is 0 Å². The topological polar surface area (TPSA) is 0 Å². The Hall–Kier alpha value is 0.180. The third-order valence-corrected chi connectivity index (χ3v) is 4.56. The molecule has 11 heavy (non-hydrogen) atoms. The molecule has 1 rings (SSSR count). The van der Waals surface area contributed by atoms with Crippen molar-refractivity contribution >= 4 is 27.3 Å². The van der Waals surface area contributed by atoms with Gasteiger partial charge in [-0.25, -0.2) is 0 Å². The van der Waals surface area contributed by atoms with Crippen molar-refractivity contribution in [3.63, 3.8) is 0 Å². The van der Waals surface area contributed by atoms with Gasteiger partial charge in [0, 0.05) is 9.75 Å². The van der Waals surface area contributed by atoms with E-state index in [9.17, 15) is 0 Å². The molecular formula is C9H13BrS. The number of hydrogen-bond acceptors (Lipinski definition) is 1. The Labute approximate surface area is 80.8 Å². The van der Waals surface area contributed by atoms with E-state index < -0.39 is 0 Å². The first-order valence-electron chi connectivity index (χ1n) is 3.81. The second-order valence-electron chi connectivity index (χ2n) is 3.09. The van der Waals surface area contributed by atoms with Crippen LogP contribution in [-0.2, 0) is 0 Å². The van der Waals surface area contributed by atoms with E-state index in [1.807, 2.05) is 11.3 Å². The molecule has 62 valence electrons. The first-order chi connectivity index (χ1) is 5.11. The maximum Gasteiger partial charge on any atom is 0.0512 e. The van der Waals surface area contributed by atoms with Crippen molar-refractivity contribution in [3.05, 3.63) is 21.9 Å². The van der Waals surface area contributed by atoms with E-state index >= 15 is 0 Å². The lowest BCUT2D eigenvalue weighted by atomic mass is 10.1. The van der Waals surface area contributed by atoms with Crippen molar-refractivity contribution in [1.29, 1.82) is 0 Å². The fourth-order valence-corrected chi connectivity index (χ4v) is 2.39. The van der Waals surface area contributed by atoms with Gasteiger partial charge in [-0.15, -0.1) is 11.3 Å². The number of hydrogen-bond donors (Lipinski definition) is 0. The molecule has 0 saturated carbocycles. The summed E-state index contributed by atoms with van der Waals surface area (Å²) in [6.07, 6.45) is 0. The second-order valence-corrected chi connectivity index (χ2v) is 5.40. The van der Waals surface area contributed by atoms with Crippen LogP contribution in [0.4, 0.5) is 0 Å². The van der Waals surface area contributed by atoms with Gasteiger partial charge in [0.1, 0.15) is 0 Å². The molecule has 1 unspecified atom stereocenters. The predicted molar refractivity (Wildman–Crippen MR) is 55.6 cm³/mol. The van der Waals surface area contributed by atoms with Crippen molar-refractivity contribution in [2.45, 2.75) is 25.6 Å². The van der Waals surface area contributed by atoms with E-state index in [1.165, 1.54) is 9.75 Å². The monoisotopic (exact) mass is 232 g/mol. The van der Waals surface area contributed by atoms with Gasteiger partial charge in [0.15, 0.2) is 0 Å². The summed E-state index contributed by atoms with van der Waals surface area (Å²) in [5.74, 6) is 0.674. The minimum Gasteiger partial charge on any atom is -0.145 e. The zero-order valence-corrected chi connectivity index (χ0v) is 9.50. The summed E-state index contributed by atoms with van der Waals surface area (Å²) in [6, 6.07) is 4.38. The number of aryl methyl sites for hydroxylation is 1. The van der Waals surface area contributed by atoms with Crippen LogP contribution >= 0.6 is 27.3 Å². The summed E-state index contributed by atoms with van der Waals surface area (Å²) in [5.41, 5.74) is 0. The van der Waals surface area contributed by atoms with Gasteiger partial charge in [-0.05, 0) is 25.0 Å². The molecule has 0 spiro atoms. The highest BCUT2D eigenvalue weighted by Gasteiger charge is 2.12. The molecule has 1 atom stereocenters. The van der Waals surface area contributed by atoms with Crippen molar-refractivity contribution in [2.75, 3.05) is 0 Å². The Bertz CT molecular complexity index is 227. The van der Waals surface area contributed by atoms with Gasteiger partial charge in [-0.2, -0.15) is 0 Å². The Balaban J connectivity index is 2.76. The van der Waals surface area contributed by atoms with Crippen LogP contribution in [0, 0.1) is 12.8 Å². The first-order valence-corrected chi connectivity index (χ1v) is 5.55. The molecule has 1 aromatic rings. The van der Waals surface area contributed by atoms with Crippen LogP contribution in [0.1, 0.15) is 28.4 Å². The number of rotatable bonds is 2. The fourth-order valence-electron chi connectivity index (χ4n) is 0.930. The Morgan fingerprint density at radius 1 is 1.36 bits per heavy atom. The lowest BCUT2D eigenvalue weighted by molar-refractivity contribution is 0.648. The molecule has 1 heterocycles. The third kappa shape index (κ3) is 2.31. The van der Waals surface area contributed by atoms with Crippen molar-refractivity contribution < 1.29 is 0 Å². The zero-order chi connectivity index (χ0) is 8.43. The van der Waals surface area contributed by atoms with Gasteiger partial charge in [0.2, 0.25) is 0 Å². The Kier molecular flexibility index (Phi) is 3.14. The predicted octanol–water partition coefficient (Wildman–Crippen LogP) is 4.15. The van der Waals surface area contributed by atoms with Crippen LogP contribution in [0.25, 0.3) is 0 Å². The van der Waals surface area contributed by atoms with Gasteiger partial charge in [0.25, 0.3) is 0 Å². The van der Waals surface area contributed by atoms with Crippen molar-refractivity contribution in [3.8, 4) is 0 Å². The van der Waals surface area contributed by atoms with Crippen LogP contribution in [0.5, 0.6) is 0 Å². The molecule has 0 radical (unpaired) electrons. The molecule has 0 aromatic carbocycles. The molecule has 0 saturated heterocycles. The highest BCUT2D eigenvalue weighted by atomic mass is 79.9. The quantitative estimate of drug-likeness (QED) is 0.673. The molecule has 0 fully saturated rings. The van der Waals surface area contributed by atoms with E-state index in [4.69, 9.17) is 0 Å². The number of thiophene rings is 1. The summed E-state index contributed by atoms with van der Waals surface area (Å²) in [5, 5.41) is 0. The van der Waals surface area contributed by atoms with E-state index in [0.29, 0.717) is 10.7 Å². The molecule has 0 aliphatic carbocycles. The van der Waals surface area contributed by atoms with Gasteiger partial charge in [-0.3, -0.25) is 0 Å². The number of alkyl halides is 1. The largest absolute Gasteiger partial charge is 0.145 e. The molecule has 0 aliphatic rings. The highest BCUT2D eigenvalue weighted by molar-refractivity contribution is 9.09. The molecule has 0 amide bonds. The average Bonchev–Trinajstić information content (AvgIpc) is 2.34. The van der Waals surface area contributed by atoms with E-state index in [0.717, 1.165) is 0 Å². The average molecular weight is 233 g/mol. The summed E-state index contributed by atoms with van der Waals surface area (Å²) in [4.78, 5) is 3.36. The molecular weight excluding hydrogens is 220 g/mol. The van der Waals surface area contributed by atoms with Gasteiger partial charge < -0.3 is 0 Å². The zero-order valence-electron chi connectivity index (χ0n) is 7.10. The second kappa shape index (κ2) is 3.72. The minimum atomic E-state index is 0.529. The number of halogens is 1. The minimum absolute atomic E-state index is 0.529. The third-order valence-electron chi connectivity index (χ3n) is 1.62. The van der Waals surface area contributed by atoms with E-state index in [-0.39, 0.29) is 0 Å². The molecule has 1 aromatic heterocycles. The lowest BCUT2D eigenvalue weighted by Gasteiger charge is -2.10. The summed E-state index contributed by atoms with van der Waals surface area (Å²) in [7, 11) is 0. The molecule has 0 N–H and O–H groups in total. The Morgan fingerprint density at radius 3 is 2.36 bits per heavy atom. The van der Waals surface area contributed by atoms with Gasteiger partial charge in [0.05, 0.1) is 4.83 Å². The molecule has 0 nitrogen and oxygen atoms in total. The van der Waals surface area contributed by atoms with Crippen molar-refractivity contribution in [2.24, 2.45) is 5.92 Å². The van der Waals surface area contributed by atoms with E-state index in [2.05, 4.69) is 48.8 Å². The molecule has 0 aliphatic heterocycles. The van der Waals surface area contributed by atoms with Crippen LogP contribution in [0.2, 0.25) is 0 Å². The highest BCUT2D eigenvalue weighted by Crippen LogP contribution is 2.34. The summed E-state index contributed by atoms with van der Waals surface area (Å²) < 4.78 is 0. The maximum atomic E-state index is 3.67. The summed E-state index contributed by atoms with van der Waals surface area (Å²) in [6.45, 7) is 6.61. The lowest BCUT2D eigenvalue weighted by Crippen LogP contribution is -1.94. The first kappa shape index (κ1) is 9.27. The fraction of sp³-hybridized carbons (Fsp3) is 0.556. The summed E-state index contributed by atoms with van der Waals surface area (Å²) >= 11 is 5.55. The van der Waals surface area contributed by atoms with Crippen LogP contribution in [0.15, 0.2) is 12.1 Å². The normalized spacial score (nSPS) is 13.9. The van der Waals surface area contributed by atoms with Gasteiger partial charge >= 0.3 is 0 Å². The molecule has 0 bridgehead atoms. The van der Waals surface area contributed by atoms with Gasteiger partial charge in [-0.1, -0.05) is 29.8 Å². The van der Waals surface area contributed by atoms with Crippen LogP contribution in [0.3, 0.4) is 0 Å². The molecule has 2 heteroatoms. The maximum absolute atomic E-state index is 3.67. The standard InChI is InChI=1S/C9H13BrS/c1-6(2)9(10)8-5-4-7(3)11-8/h4-6,9H,1-3H3. The van der Waals surface area contributed by atoms with E-state index in [1.54, 1.807) is 0 Å². The van der Waals surface area contributed by atoms with Crippen LogP contribution < -0.4 is 0 Å². The smallest absolute Gasteiger partial charge is 0.0512 e. The Morgan fingerprint density at radius 2 is 2.00 bits per heavy atom. The SMILES string of the molecule is Cc1ccc(C(Br)C(C)C)s1. The van der Waals surface area contributed by atoms with Crippen LogP contribution in [-0.4, -0.2) is 0 Å².